The van der Waals surface area contributed by atoms with Crippen LogP contribution in [0.25, 0.3) is 10.9 Å². The molecule has 0 unspecified atom stereocenters. The Kier molecular flexibility index (Phi) is 6.23. The molecule has 4 rings (SSSR count). The van der Waals surface area contributed by atoms with Gasteiger partial charge in [0.05, 0.1) is 4.90 Å². The molecule has 0 bridgehead atoms. The van der Waals surface area contributed by atoms with Crippen LogP contribution in [0.2, 0.25) is 15.1 Å². The van der Waals surface area contributed by atoms with Gasteiger partial charge in [-0.1, -0.05) is 46.9 Å². The van der Waals surface area contributed by atoms with Gasteiger partial charge in [-0.15, -0.1) is 0 Å². The van der Waals surface area contributed by atoms with Crippen LogP contribution in [-0.2, 0) is 16.4 Å². The Morgan fingerprint density at radius 3 is 2.44 bits per heavy atom. The van der Waals surface area contributed by atoms with Gasteiger partial charge in [0.1, 0.15) is 0 Å². The molecule has 1 heterocycles. The number of aromatic amines is 1. The first-order chi connectivity index (χ1) is 15.1. The summed E-state index contributed by atoms with van der Waals surface area (Å²) in [5.74, 6) is -0.735. The van der Waals surface area contributed by atoms with Crippen LogP contribution in [0.15, 0.2) is 65.6 Å². The smallest absolute Gasteiger partial charge is 0.265 e. The number of carbonyl (C=O) groups excluding carboxylic acids is 1. The van der Waals surface area contributed by atoms with Crippen molar-refractivity contribution in [3.05, 3.63) is 98.1 Å². The van der Waals surface area contributed by atoms with Gasteiger partial charge in [0.15, 0.2) is 0 Å². The number of carbonyl (C=O) groups is 1. The van der Waals surface area contributed by atoms with Crippen LogP contribution >= 0.6 is 34.8 Å². The molecule has 9 heteroatoms. The van der Waals surface area contributed by atoms with Gasteiger partial charge in [-0.3, -0.25) is 4.79 Å². The molecule has 2 N–H and O–H groups in total. The molecule has 1 aromatic heterocycles. The van der Waals surface area contributed by atoms with E-state index in [-0.39, 0.29) is 15.5 Å². The van der Waals surface area contributed by atoms with E-state index < -0.39 is 15.9 Å². The molecular weight excluding hydrogens is 491 g/mol. The normalized spacial score (nSPS) is 11.6. The van der Waals surface area contributed by atoms with Crippen LogP contribution in [0.1, 0.15) is 27.2 Å². The number of nitrogens with one attached hydrogen (secondary N) is 2. The van der Waals surface area contributed by atoms with Crippen molar-refractivity contribution in [2.45, 2.75) is 18.2 Å². The second kappa shape index (κ2) is 8.79. The molecule has 0 fully saturated rings. The van der Waals surface area contributed by atoms with Crippen LogP contribution in [-0.4, -0.2) is 19.3 Å². The number of aryl methyl sites for hydroxylation is 1. The van der Waals surface area contributed by atoms with E-state index in [2.05, 4.69) is 9.71 Å². The van der Waals surface area contributed by atoms with Crippen LogP contribution in [0.3, 0.4) is 0 Å². The van der Waals surface area contributed by atoms with Crippen LogP contribution in [0.5, 0.6) is 0 Å². The first-order valence-electron chi connectivity index (χ1n) is 9.52. The highest BCUT2D eigenvalue weighted by Gasteiger charge is 2.20. The summed E-state index contributed by atoms with van der Waals surface area (Å²) in [4.78, 5) is 16.0. The molecule has 164 valence electrons. The Morgan fingerprint density at radius 2 is 1.72 bits per heavy atom. The van der Waals surface area contributed by atoms with E-state index in [1.165, 1.54) is 18.2 Å². The zero-order valence-corrected chi connectivity index (χ0v) is 19.8. The van der Waals surface area contributed by atoms with Gasteiger partial charge >= 0.3 is 0 Å². The molecular formula is C23H17Cl3N2O3S. The van der Waals surface area contributed by atoms with Gasteiger partial charge in [0.2, 0.25) is 0 Å². The Labute approximate surface area is 200 Å². The van der Waals surface area contributed by atoms with Crippen molar-refractivity contribution in [2.24, 2.45) is 0 Å². The van der Waals surface area contributed by atoms with E-state index in [4.69, 9.17) is 34.8 Å². The molecule has 4 aromatic rings. The van der Waals surface area contributed by atoms with Gasteiger partial charge in [-0.05, 0) is 66.6 Å². The number of rotatable bonds is 5. The summed E-state index contributed by atoms with van der Waals surface area (Å²) >= 11 is 18.2. The van der Waals surface area contributed by atoms with Crippen molar-refractivity contribution in [1.82, 2.24) is 9.71 Å². The average molecular weight is 508 g/mol. The fraction of sp³-hybridized carbons (Fsp3) is 0.0870. The van der Waals surface area contributed by atoms with Crippen molar-refractivity contribution in [2.75, 3.05) is 0 Å². The Morgan fingerprint density at radius 1 is 0.969 bits per heavy atom. The molecule has 0 aliphatic rings. The third-order valence-electron chi connectivity index (χ3n) is 5.10. The molecule has 32 heavy (non-hydrogen) atoms. The molecule has 0 spiro atoms. The van der Waals surface area contributed by atoms with Gasteiger partial charge < -0.3 is 4.98 Å². The molecule has 0 radical (unpaired) electrons. The summed E-state index contributed by atoms with van der Waals surface area (Å²) in [5, 5.41) is 2.17. The van der Waals surface area contributed by atoms with Gasteiger partial charge in [0.25, 0.3) is 15.9 Å². The third kappa shape index (κ3) is 4.64. The Balaban J connectivity index is 1.67. The molecule has 1 amide bonds. The van der Waals surface area contributed by atoms with Crippen molar-refractivity contribution >= 4 is 61.6 Å². The van der Waals surface area contributed by atoms with E-state index in [1.54, 1.807) is 36.4 Å². The van der Waals surface area contributed by atoms with Crippen molar-refractivity contribution in [3.63, 3.8) is 0 Å². The van der Waals surface area contributed by atoms with Crippen molar-refractivity contribution in [3.8, 4) is 0 Å². The first-order valence-corrected chi connectivity index (χ1v) is 12.1. The molecule has 0 saturated carbocycles. The zero-order chi connectivity index (χ0) is 23.0. The average Bonchev–Trinajstić information content (AvgIpc) is 3.04. The van der Waals surface area contributed by atoms with Crippen LogP contribution in [0.4, 0.5) is 0 Å². The van der Waals surface area contributed by atoms with E-state index in [0.717, 1.165) is 27.7 Å². The quantitative estimate of drug-likeness (QED) is 0.340. The maximum Gasteiger partial charge on any atom is 0.265 e. The Hall–Kier alpha value is -2.51. The minimum absolute atomic E-state index is 0.0880. The number of sulfonamides is 1. The fourth-order valence-corrected chi connectivity index (χ4v) is 5.23. The van der Waals surface area contributed by atoms with E-state index in [9.17, 15) is 13.2 Å². The fourth-order valence-electron chi connectivity index (χ4n) is 3.48. The van der Waals surface area contributed by atoms with Gasteiger partial charge in [0, 0.05) is 43.6 Å². The van der Waals surface area contributed by atoms with Crippen LogP contribution in [0, 0.1) is 6.92 Å². The SMILES string of the molecule is Cc1[nH]c2ccc(C(=O)NS(=O)(=O)c3cccc(Cl)c3)cc2c1Cc1ccc(Cl)cc1Cl. The molecule has 3 aromatic carbocycles. The van der Waals surface area contributed by atoms with E-state index >= 15 is 0 Å². The minimum Gasteiger partial charge on any atom is -0.358 e. The second-order valence-corrected chi connectivity index (χ2v) is 10.3. The number of benzene rings is 3. The molecule has 0 saturated heterocycles. The number of halogens is 3. The topological polar surface area (TPSA) is 79.0 Å². The first kappa shape index (κ1) is 22.7. The summed E-state index contributed by atoms with van der Waals surface area (Å²) in [6.45, 7) is 1.93. The summed E-state index contributed by atoms with van der Waals surface area (Å²) in [7, 11) is -4.07. The number of fused-ring (bicyclic) bond motifs is 1. The highest BCUT2D eigenvalue weighted by Crippen LogP contribution is 2.29. The van der Waals surface area contributed by atoms with Crippen molar-refractivity contribution < 1.29 is 13.2 Å². The van der Waals surface area contributed by atoms with E-state index in [1.807, 2.05) is 13.0 Å². The number of hydrogen-bond donors (Lipinski definition) is 2. The minimum atomic E-state index is -4.07. The molecule has 5 nitrogen and oxygen atoms in total. The summed E-state index contributed by atoms with van der Waals surface area (Å²) < 4.78 is 27.3. The summed E-state index contributed by atoms with van der Waals surface area (Å²) in [6.07, 6.45) is 0.522. The lowest BCUT2D eigenvalue weighted by atomic mass is 10.0. The number of hydrogen-bond acceptors (Lipinski definition) is 3. The maximum atomic E-state index is 12.8. The number of amides is 1. The molecule has 0 aliphatic heterocycles. The van der Waals surface area contributed by atoms with Gasteiger partial charge in [-0.25, -0.2) is 13.1 Å². The lowest BCUT2D eigenvalue weighted by molar-refractivity contribution is 0.0981. The van der Waals surface area contributed by atoms with Crippen LogP contribution < -0.4 is 4.72 Å². The largest absolute Gasteiger partial charge is 0.358 e. The summed E-state index contributed by atoms with van der Waals surface area (Å²) in [5.41, 5.74) is 3.81. The summed E-state index contributed by atoms with van der Waals surface area (Å²) in [6, 6.07) is 16.0. The molecule has 0 atom stereocenters. The predicted molar refractivity (Wildman–Crippen MR) is 128 cm³/mol. The highest BCUT2D eigenvalue weighted by atomic mass is 35.5. The zero-order valence-electron chi connectivity index (χ0n) is 16.7. The highest BCUT2D eigenvalue weighted by molar-refractivity contribution is 7.90. The monoisotopic (exact) mass is 506 g/mol. The lowest BCUT2D eigenvalue weighted by Gasteiger charge is -2.08. The number of aromatic nitrogens is 1. The standard InChI is InChI=1S/C23H17Cl3N2O3S/c1-13-19(9-14-5-7-17(25)12-21(14)26)20-10-15(6-8-22(20)27-13)23(29)28-32(30,31)18-4-2-3-16(24)11-18/h2-8,10-12,27H,9H2,1H3,(H,28,29). The van der Waals surface area contributed by atoms with E-state index in [0.29, 0.717) is 16.5 Å². The second-order valence-electron chi connectivity index (χ2n) is 7.29. The lowest BCUT2D eigenvalue weighted by Crippen LogP contribution is -2.30. The third-order valence-corrected chi connectivity index (χ3v) is 7.25. The Bertz CT molecular complexity index is 1460. The predicted octanol–water partition coefficient (Wildman–Crippen LogP) is 6.15. The maximum absolute atomic E-state index is 12.8. The number of H-pyrrole nitrogens is 1. The van der Waals surface area contributed by atoms with Gasteiger partial charge in [-0.2, -0.15) is 0 Å². The molecule has 0 aliphatic carbocycles. The van der Waals surface area contributed by atoms with Crippen molar-refractivity contribution in [1.29, 1.82) is 0 Å².